The third kappa shape index (κ3) is 2.61. The molecule has 5 nitrogen and oxygen atoms in total. The fourth-order valence-electron chi connectivity index (χ4n) is 4.67. The van der Waals surface area contributed by atoms with Gasteiger partial charge in [-0.05, 0) is 63.3 Å². The predicted octanol–water partition coefficient (Wildman–Crippen LogP) is 3.75. The molecule has 26 heavy (non-hydrogen) atoms. The Labute approximate surface area is 153 Å². The summed E-state index contributed by atoms with van der Waals surface area (Å²) in [6, 6.07) is 7.50. The lowest BCUT2D eigenvalue weighted by Gasteiger charge is -2.44. The number of carbonyl (C=O) groups is 2. The molecule has 2 aliphatic heterocycles. The number of amides is 2. The Morgan fingerprint density at radius 1 is 1.19 bits per heavy atom. The first kappa shape index (κ1) is 17.1. The summed E-state index contributed by atoms with van der Waals surface area (Å²) in [6.07, 6.45) is 4.38. The maximum absolute atomic E-state index is 13.3. The fourth-order valence-corrected chi connectivity index (χ4v) is 4.67. The molecular formula is C21H26N2O3. The first-order valence-electron chi connectivity index (χ1n) is 9.67. The van der Waals surface area contributed by atoms with Crippen molar-refractivity contribution in [1.82, 2.24) is 9.80 Å². The van der Waals surface area contributed by atoms with E-state index in [0.29, 0.717) is 12.1 Å². The van der Waals surface area contributed by atoms with Gasteiger partial charge in [0.2, 0.25) is 5.91 Å². The van der Waals surface area contributed by atoms with Gasteiger partial charge in [-0.1, -0.05) is 6.92 Å². The largest absolute Gasteiger partial charge is 0.461 e. The molecule has 1 atom stereocenters. The van der Waals surface area contributed by atoms with Crippen molar-refractivity contribution in [2.24, 2.45) is 0 Å². The summed E-state index contributed by atoms with van der Waals surface area (Å²) in [5, 5.41) is 0.934. The molecule has 138 valence electrons. The molecule has 0 N–H and O–H groups in total. The van der Waals surface area contributed by atoms with Crippen molar-refractivity contribution in [2.45, 2.75) is 51.5 Å². The van der Waals surface area contributed by atoms with Crippen molar-refractivity contribution in [3.8, 4) is 0 Å². The minimum absolute atomic E-state index is 0.0325. The van der Waals surface area contributed by atoms with E-state index in [2.05, 4.69) is 6.92 Å². The van der Waals surface area contributed by atoms with Crippen molar-refractivity contribution >= 4 is 22.8 Å². The van der Waals surface area contributed by atoms with Gasteiger partial charge in [0.1, 0.15) is 16.9 Å². The highest BCUT2D eigenvalue weighted by Gasteiger charge is 2.52. The van der Waals surface area contributed by atoms with Crippen molar-refractivity contribution in [1.29, 1.82) is 0 Å². The fraction of sp³-hybridized carbons (Fsp3) is 0.524. The van der Waals surface area contributed by atoms with Gasteiger partial charge in [0.15, 0.2) is 0 Å². The van der Waals surface area contributed by atoms with Crippen LogP contribution in [0.5, 0.6) is 0 Å². The number of likely N-dealkylation sites (tertiary alicyclic amines) is 2. The molecular weight excluding hydrogens is 328 g/mol. The average Bonchev–Trinajstić information content (AvgIpc) is 3.21. The van der Waals surface area contributed by atoms with E-state index in [-0.39, 0.29) is 11.8 Å². The average molecular weight is 354 g/mol. The van der Waals surface area contributed by atoms with Crippen molar-refractivity contribution < 1.29 is 14.0 Å². The van der Waals surface area contributed by atoms with Crippen LogP contribution in [-0.2, 0) is 4.79 Å². The first-order chi connectivity index (χ1) is 12.5. The minimum atomic E-state index is -0.633. The smallest absolute Gasteiger partial charge is 0.254 e. The monoisotopic (exact) mass is 354 g/mol. The molecule has 0 radical (unpaired) electrons. The van der Waals surface area contributed by atoms with E-state index in [0.717, 1.165) is 61.9 Å². The molecule has 4 rings (SSSR count). The van der Waals surface area contributed by atoms with E-state index in [9.17, 15) is 9.59 Å². The van der Waals surface area contributed by atoms with Gasteiger partial charge in [-0.25, -0.2) is 0 Å². The van der Waals surface area contributed by atoms with Crippen LogP contribution in [0.3, 0.4) is 0 Å². The van der Waals surface area contributed by atoms with Gasteiger partial charge in [0.05, 0.1) is 0 Å². The van der Waals surface area contributed by atoms with Crippen LogP contribution >= 0.6 is 0 Å². The van der Waals surface area contributed by atoms with Gasteiger partial charge < -0.3 is 14.2 Å². The molecule has 0 bridgehead atoms. The van der Waals surface area contributed by atoms with Gasteiger partial charge in [-0.15, -0.1) is 0 Å². The molecule has 1 aromatic carbocycles. The number of hydrogen-bond donors (Lipinski definition) is 0. The van der Waals surface area contributed by atoms with Gasteiger partial charge in [-0.3, -0.25) is 9.59 Å². The van der Waals surface area contributed by atoms with E-state index < -0.39 is 5.54 Å². The summed E-state index contributed by atoms with van der Waals surface area (Å²) in [4.78, 5) is 30.3. The maximum atomic E-state index is 13.3. The maximum Gasteiger partial charge on any atom is 0.254 e. The molecule has 2 aromatic rings. The minimum Gasteiger partial charge on any atom is -0.461 e. The number of hydrogen-bond acceptors (Lipinski definition) is 3. The van der Waals surface area contributed by atoms with E-state index in [1.807, 2.05) is 41.0 Å². The summed E-state index contributed by atoms with van der Waals surface area (Å²) in [6.45, 7) is 6.25. The molecule has 5 heteroatoms. The zero-order valence-electron chi connectivity index (χ0n) is 15.6. The van der Waals surface area contributed by atoms with Crippen LogP contribution in [0.2, 0.25) is 0 Å². The number of benzene rings is 1. The number of piperidine rings is 1. The number of furan rings is 1. The second kappa shape index (κ2) is 6.45. The van der Waals surface area contributed by atoms with Gasteiger partial charge in [0.25, 0.3) is 5.91 Å². The van der Waals surface area contributed by atoms with Crippen molar-refractivity contribution in [2.75, 3.05) is 19.6 Å². The molecule has 0 aliphatic carbocycles. The highest BCUT2D eigenvalue weighted by molar-refractivity contribution is 6.02. The van der Waals surface area contributed by atoms with Crippen LogP contribution in [0.25, 0.3) is 11.0 Å². The van der Waals surface area contributed by atoms with Gasteiger partial charge >= 0.3 is 0 Å². The van der Waals surface area contributed by atoms with Crippen LogP contribution in [0, 0.1) is 6.92 Å². The molecule has 1 unspecified atom stereocenters. The van der Waals surface area contributed by atoms with Gasteiger partial charge in [0, 0.05) is 30.6 Å². The van der Waals surface area contributed by atoms with Crippen LogP contribution in [0.15, 0.2) is 28.7 Å². The molecule has 2 fully saturated rings. The molecule has 3 heterocycles. The Morgan fingerprint density at radius 2 is 1.96 bits per heavy atom. The van der Waals surface area contributed by atoms with Crippen LogP contribution in [0.1, 0.15) is 55.1 Å². The lowest BCUT2D eigenvalue weighted by molar-refractivity contribution is -0.145. The van der Waals surface area contributed by atoms with Crippen molar-refractivity contribution in [3.63, 3.8) is 0 Å². The summed E-state index contributed by atoms with van der Waals surface area (Å²) in [5.74, 6) is 0.951. The van der Waals surface area contributed by atoms with Crippen LogP contribution in [-0.4, -0.2) is 46.8 Å². The van der Waals surface area contributed by atoms with E-state index in [1.54, 1.807) is 0 Å². The lowest BCUT2D eigenvalue weighted by atomic mass is 9.85. The van der Waals surface area contributed by atoms with Crippen LogP contribution in [0.4, 0.5) is 0 Å². The SMILES string of the molecule is CCCN1CCCC2(CCCN2C(=O)c2ccc3oc(C)cc3c2)C1=O. The summed E-state index contributed by atoms with van der Waals surface area (Å²) >= 11 is 0. The zero-order chi connectivity index (χ0) is 18.3. The Kier molecular flexibility index (Phi) is 4.25. The molecule has 1 aromatic heterocycles. The van der Waals surface area contributed by atoms with Gasteiger partial charge in [-0.2, -0.15) is 0 Å². The topological polar surface area (TPSA) is 53.8 Å². The Bertz CT molecular complexity index is 854. The number of nitrogens with zero attached hydrogens (tertiary/aromatic N) is 2. The Morgan fingerprint density at radius 3 is 2.73 bits per heavy atom. The van der Waals surface area contributed by atoms with E-state index in [4.69, 9.17) is 4.42 Å². The normalized spacial score (nSPS) is 23.4. The summed E-state index contributed by atoms with van der Waals surface area (Å²) < 4.78 is 5.61. The molecule has 2 amide bonds. The first-order valence-corrected chi connectivity index (χ1v) is 9.67. The molecule has 2 aliphatic rings. The predicted molar refractivity (Wildman–Crippen MR) is 100 cm³/mol. The third-order valence-corrected chi connectivity index (χ3v) is 5.82. The molecule has 0 saturated carbocycles. The zero-order valence-corrected chi connectivity index (χ0v) is 15.6. The molecule has 1 spiro atoms. The highest BCUT2D eigenvalue weighted by Crippen LogP contribution is 2.39. The third-order valence-electron chi connectivity index (χ3n) is 5.82. The quantitative estimate of drug-likeness (QED) is 0.843. The second-order valence-corrected chi connectivity index (χ2v) is 7.60. The second-order valence-electron chi connectivity index (χ2n) is 7.60. The number of rotatable bonds is 3. The Hall–Kier alpha value is -2.30. The number of fused-ring (bicyclic) bond motifs is 1. The molecule has 2 saturated heterocycles. The van der Waals surface area contributed by atoms with E-state index in [1.165, 1.54) is 0 Å². The van der Waals surface area contributed by atoms with Crippen molar-refractivity contribution in [3.05, 3.63) is 35.6 Å². The van der Waals surface area contributed by atoms with Crippen LogP contribution < -0.4 is 0 Å². The standard InChI is InChI=1S/C21H26N2O3/c1-3-10-22-11-4-8-21(20(22)25)9-5-12-23(21)19(24)16-6-7-18-17(14-16)13-15(2)26-18/h6-7,13-14H,3-5,8-12H2,1-2H3. The Balaban J connectivity index is 1.66. The lowest BCUT2D eigenvalue weighted by Crippen LogP contribution is -2.61. The highest BCUT2D eigenvalue weighted by atomic mass is 16.3. The van der Waals surface area contributed by atoms with E-state index >= 15 is 0 Å². The number of carbonyl (C=O) groups excluding carboxylic acids is 2. The summed E-state index contributed by atoms with van der Waals surface area (Å²) in [5.41, 5.74) is 0.796. The number of aryl methyl sites for hydroxylation is 1. The summed E-state index contributed by atoms with van der Waals surface area (Å²) in [7, 11) is 0.